The SMILES string of the molecule is COc1cc(NC(=O)C(C)(C)C)c(C(=O)OCc2ccc(C#N)cc2F)cc1OC. The number of anilines is 1. The highest BCUT2D eigenvalue weighted by Gasteiger charge is 2.25. The van der Waals surface area contributed by atoms with Crippen LogP contribution < -0.4 is 14.8 Å². The van der Waals surface area contributed by atoms with Crippen LogP contribution in [0.1, 0.15) is 42.3 Å². The van der Waals surface area contributed by atoms with Crippen LogP contribution in [0.4, 0.5) is 10.1 Å². The number of carbonyl (C=O) groups excluding carboxylic acids is 2. The van der Waals surface area contributed by atoms with Gasteiger partial charge in [0, 0.05) is 23.1 Å². The minimum atomic E-state index is -0.788. The fourth-order valence-electron chi connectivity index (χ4n) is 2.42. The Morgan fingerprint density at radius 3 is 2.27 bits per heavy atom. The average Bonchev–Trinajstić information content (AvgIpc) is 2.71. The van der Waals surface area contributed by atoms with Crippen LogP contribution in [0.3, 0.4) is 0 Å². The number of nitrogens with zero attached hydrogens (tertiary/aromatic N) is 1. The monoisotopic (exact) mass is 414 g/mol. The Hall–Kier alpha value is -3.60. The van der Waals surface area contributed by atoms with Crippen LogP contribution in [0.25, 0.3) is 0 Å². The lowest BCUT2D eigenvalue weighted by atomic mass is 9.95. The van der Waals surface area contributed by atoms with Crippen LogP contribution in [0.2, 0.25) is 0 Å². The highest BCUT2D eigenvalue weighted by Crippen LogP contribution is 2.34. The van der Waals surface area contributed by atoms with E-state index in [9.17, 15) is 14.0 Å². The molecular formula is C22H23FN2O5. The molecule has 30 heavy (non-hydrogen) atoms. The summed E-state index contributed by atoms with van der Waals surface area (Å²) in [5, 5.41) is 11.5. The van der Waals surface area contributed by atoms with Gasteiger partial charge < -0.3 is 19.5 Å². The van der Waals surface area contributed by atoms with Crippen molar-refractivity contribution >= 4 is 17.6 Å². The Kier molecular flexibility index (Phi) is 7.01. The third kappa shape index (κ3) is 5.26. The molecule has 1 amide bonds. The first-order valence-electron chi connectivity index (χ1n) is 9.03. The Morgan fingerprint density at radius 1 is 1.10 bits per heavy atom. The van der Waals surface area contributed by atoms with Crippen molar-refractivity contribution in [1.29, 1.82) is 5.26 Å². The maximum Gasteiger partial charge on any atom is 0.340 e. The molecule has 7 nitrogen and oxygen atoms in total. The third-order valence-electron chi connectivity index (χ3n) is 4.21. The molecule has 1 N–H and O–H groups in total. The summed E-state index contributed by atoms with van der Waals surface area (Å²) < 4.78 is 29.8. The molecule has 0 fully saturated rings. The van der Waals surface area contributed by atoms with Gasteiger partial charge in [0.05, 0.1) is 37.1 Å². The maximum atomic E-state index is 14.1. The van der Waals surface area contributed by atoms with Crippen molar-refractivity contribution in [3.8, 4) is 17.6 Å². The van der Waals surface area contributed by atoms with E-state index in [1.807, 2.05) is 6.07 Å². The van der Waals surface area contributed by atoms with Crippen LogP contribution in [-0.2, 0) is 16.1 Å². The Labute approximate surface area is 174 Å². The summed E-state index contributed by atoms with van der Waals surface area (Å²) in [4.78, 5) is 25.2. The number of nitriles is 1. The fourth-order valence-corrected chi connectivity index (χ4v) is 2.42. The van der Waals surface area contributed by atoms with Gasteiger partial charge in [-0.2, -0.15) is 5.26 Å². The number of esters is 1. The lowest BCUT2D eigenvalue weighted by Crippen LogP contribution is -2.28. The maximum absolute atomic E-state index is 14.1. The second-order valence-corrected chi connectivity index (χ2v) is 7.45. The normalized spacial score (nSPS) is 10.7. The number of halogens is 1. The van der Waals surface area contributed by atoms with Crippen molar-refractivity contribution in [1.82, 2.24) is 0 Å². The van der Waals surface area contributed by atoms with Crippen LogP contribution in [0.15, 0.2) is 30.3 Å². The molecule has 0 heterocycles. The van der Waals surface area contributed by atoms with Crippen molar-refractivity contribution in [2.45, 2.75) is 27.4 Å². The molecule has 0 aliphatic rings. The van der Waals surface area contributed by atoms with E-state index < -0.39 is 17.2 Å². The summed E-state index contributed by atoms with van der Waals surface area (Å²) in [6.07, 6.45) is 0. The van der Waals surface area contributed by atoms with Crippen molar-refractivity contribution in [3.05, 3.63) is 52.8 Å². The van der Waals surface area contributed by atoms with Gasteiger partial charge in [-0.3, -0.25) is 4.79 Å². The molecule has 2 aromatic carbocycles. The molecule has 0 bridgehead atoms. The summed E-state index contributed by atoms with van der Waals surface area (Å²) in [5.41, 5.74) is -0.227. The largest absolute Gasteiger partial charge is 0.493 e. The average molecular weight is 414 g/mol. The molecule has 8 heteroatoms. The van der Waals surface area contributed by atoms with Crippen LogP contribution in [-0.4, -0.2) is 26.1 Å². The number of hydrogen-bond acceptors (Lipinski definition) is 6. The number of hydrogen-bond donors (Lipinski definition) is 1. The molecular weight excluding hydrogens is 391 g/mol. The number of rotatable bonds is 6. The van der Waals surface area contributed by atoms with E-state index in [1.165, 1.54) is 38.5 Å². The van der Waals surface area contributed by atoms with Gasteiger partial charge in [0.1, 0.15) is 12.4 Å². The van der Waals surface area contributed by atoms with E-state index in [0.29, 0.717) is 5.75 Å². The first-order chi connectivity index (χ1) is 14.1. The van der Waals surface area contributed by atoms with Crippen molar-refractivity contribution in [2.24, 2.45) is 5.41 Å². The Balaban J connectivity index is 2.34. The van der Waals surface area contributed by atoms with Crippen LogP contribution in [0, 0.1) is 22.6 Å². The number of carbonyl (C=O) groups is 2. The van der Waals surface area contributed by atoms with Crippen molar-refractivity contribution in [2.75, 3.05) is 19.5 Å². The van der Waals surface area contributed by atoms with Gasteiger partial charge in [0.15, 0.2) is 11.5 Å². The second kappa shape index (κ2) is 9.27. The first kappa shape index (κ1) is 22.7. The van der Waals surface area contributed by atoms with Crippen LogP contribution in [0.5, 0.6) is 11.5 Å². The summed E-state index contributed by atoms with van der Waals surface area (Å²) in [6, 6.07) is 8.54. The van der Waals surface area contributed by atoms with Gasteiger partial charge in [0.2, 0.25) is 5.91 Å². The first-order valence-corrected chi connectivity index (χ1v) is 9.03. The third-order valence-corrected chi connectivity index (χ3v) is 4.21. The number of nitrogens with one attached hydrogen (secondary N) is 1. The van der Waals surface area contributed by atoms with E-state index in [1.54, 1.807) is 20.8 Å². The quantitative estimate of drug-likeness (QED) is 0.716. The van der Waals surface area contributed by atoms with E-state index in [0.717, 1.165) is 6.07 Å². The van der Waals surface area contributed by atoms with Gasteiger partial charge in [-0.05, 0) is 12.1 Å². The molecule has 0 aliphatic heterocycles. The number of methoxy groups -OCH3 is 2. The summed E-state index contributed by atoms with van der Waals surface area (Å²) >= 11 is 0. The standard InChI is InChI=1S/C22H23FN2O5/c1-22(2,3)21(27)25-17-10-19(29-5)18(28-4)9-15(17)20(26)30-12-14-7-6-13(11-24)8-16(14)23/h6-10H,12H2,1-5H3,(H,25,27). The molecule has 158 valence electrons. The molecule has 0 aromatic heterocycles. The van der Waals surface area contributed by atoms with Gasteiger partial charge in [-0.15, -0.1) is 0 Å². The molecule has 0 aliphatic carbocycles. The number of benzene rings is 2. The van der Waals surface area contributed by atoms with E-state index in [-0.39, 0.29) is 40.6 Å². The van der Waals surface area contributed by atoms with Gasteiger partial charge >= 0.3 is 5.97 Å². The summed E-state index contributed by atoms with van der Waals surface area (Å²) in [5.74, 6) is -1.18. The lowest BCUT2D eigenvalue weighted by Gasteiger charge is -2.20. The van der Waals surface area contributed by atoms with E-state index >= 15 is 0 Å². The highest BCUT2D eigenvalue weighted by atomic mass is 19.1. The van der Waals surface area contributed by atoms with Gasteiger partial charge in [-0.1, -0.05) is 26.8 Å². The molecule has 0 unspecified atom stereocenters. The second-order valence-electron chi connectivity index (χ2n) is 7.45. The summed E-state index contributed by atoms with van der Waals surface area (Å²) in [6.45, 7) is 4.84. The van der Waals surface area contributed by atoms with E-state index in [2.05, 4.69) is 5.32 Å². The smallest absolute Gasteiger partial charge is 0.340 e. The van der Waals surface area contributed by atoms with Gasteiger partial charge in [0.25, 0.3) is 0 Å². The van der Waals surface area contributed by atoms with Gasteiger partial charge in [-0.25, -0.2) is 9.18 Å². The molecule has 2 rings (SSSR count). The molecule has 0 saturated carbocycles. The minimum Gasteiger partial charge on any atom is -0.493 e. The predicted molar refractivity (Wildman–Crippen MR) is 108 cm³/mol. The molecule has 0 radical (unpaired) electrons. The number of amides is 1. The number of ether oxygens (including phenoxy) is 3. The zero-order valence-electron chi connectivity index (χ0n) is 17.5. The topological polar surface area (TPSA) is 97.6 Å². The zero-order chi connectivity index (χ0) is 22.5. The molecule has 0 saturated heterocycles. The van der Waals surface area contributed by atoms with Crippen molar-refractivity contribution < 1.29 is 28.2 Å². The van der Waals surface area contributed by atoms with E-state index in [4.69, 9.17) is 19.5 Å². The lowest BCUT2D eigenvalue weighted by molar-refractivity contribution is -0.123. The van der Waals surface area contributed by atoms with Crippen molar-refractivity contribution in [3.63, 3.8) is 0 Å². The zero-order valence-corrected chi connectivity index (χ0v) is 17.5. The molecule has 0 atom stereocenters. The molecule has 2 aromatic rings. The Morgan fingerprint density at radius 2 is 1.73 bits per heavy atom. The highest BCUT2D eigenvalue weighted by molar-refractivity contribution is 6.03. The summed E-state index contributed by atoms with van der Waals surface area (Å²) in [7, 11) is 2.84. The fraction of sp³-hybridized carbons (Fsp3) is 0.318. The predicted octanol–water partition coefficient (Wildman–Crippen LogP) is 4.06. The molecule has 0 spiro atoms. The minimum absolute atomic E-state index is 0.0271. The Bertz CT molecular complexity index is 1010. The van der Waals surface area contributed by atoms with Crippen LogP contribution >= 0.6 is 0 Å².